The number of anilines is 1. The molecule has 0 radical (unpaired) electrons. The number of carboxylic acids is 1. The van der Waals surface area contributed by atoms with E-state index in [1.54, 1.807) is 6.07 Å². The molecule has 0 unspecified atom stereocenters. The Morgan fingerprint density at radius 3 is 2.58 bits per heavy atom. The summed E-state index contributed by atoms with van der Waals surface area (Å²) in [6.45, 7) is 0. The molecule has 2 aromatic carbocycles. The predicted octanol–water partition coefficient (Wildman–Crippen LogP) is 5.74. The first kappa shape index (κ1) is 15.9. The molecule has 122 valence electrons. The molecule has 1 aliphatic carbocycles. The van der Waals surface area contributed by atoms with Crippen LogP contribution in [-0.2, 0) is 0 Å². The summed E-state index contributed by atoms with van der Waals surface area (Å²) in [5.74, 6) is -0.268. The van der Waals surface area contributed by atoms with Crippen LogP contribution in [-0.4, -0.2) is 11.1 Å². The van der Waals surface area contributed by atoms with Crippen LogP contribution in [0.25, 0.3) is 0 Å². The van der Waals surface area contributed by atoms with Crippen molar-refractivity contribution in [1.29, 1.82) is 0 Å². The topological polar surface area (TPSA) is 49.3 Å². The third kappa shape index (κ3) is 2.60. The van der Waals surface area contributed by atoms with E-state index in [0.717, 1.165) is 26.6 Å². The van der Waals surface area contributed by atoms with Crippen LogP contribution in [0, 0.1) is 5.92 Å². The molecule has 0 bridgehead atoms. The van der Waals surface area contributed by atoms with E-state index in [1.165, 1.54) is 5.56 Å². The van der Waals surface area contributed by atoms with Crippen molar-refractivity contribution < 1.29 is 9.90 Å². The van der Waals surface area contributed by atoms with Crippen molar-refractivity contribution in [2.45, 2.75) is 18.4 Å². The van der Waals surface area contributed by atoms with E-state index >= 15 is 0 Å². The lowest BCUT2D eigenvalue weighted by Crippen LogP contribution is -2.30. The molecular weight excluding hydrogens is 434 g/mol. The number of hydrogen-bond acceptors (Lipinski definition) is 2. The van der Waals surface area contributed by atoms with Gasteiger partial charge in [-0.15, -0.1) is 0 Å². The van der Waals surface area contributed by atoms with Gasteiger partial charge in [-0.25, -0.2) is 4.79 Å². The number of carbonyl (C=O) groups is 1. The Bertz CT molecular complexity index is 845. The molecule has 24 heavy (non-hydrogen) atoms. The lowest BCUT2D eigenvalue weighted by molar-refractivity contribution is 0.0697. The molecule has 0 fully saturated rings. The molecule has 4 rings (SSSR count). The molecule has 5 heteroatoms. The molecule has 0 aromatic heterocycles. The highest BCUT2D eigenvalue weighted by molar-refractivity contribution is 9.10. The Kier molecular flexibility index (Phi) is 4.01. The molecule has 3 nitrogen and oxygen atoms in total. The second-order valence-corrected chi connectivity index (χ2v) is 8.08. The van der Waals surface area contributed by atoms with E-state index in [1.807, 2.05) is 18.2 Å². The van der Waals surface area contributed by atoms with Crippen molar-refractivity contribution in [3.8, 4) is 0 Å². The number of rotatable bonds is 2. The van der Waals surface area contributed by atoms with Crippen LogP contribution in [0.15, 0.2) is 57.5 Å². The summed E-state index contributed by atoms with van der Waals surface area (Å²) >= 11 is 6.93. The van der Waals surface area contributed by atoms with E-state index in [9.17, 15) is 9.90 Å². The van der Waals surface area contributed by atoms with Crippen LogP contribution in [0.3, 0.4) is 0 Å². The fourth-order valence-electron chi connectivity index (χ4n) is 3.83. The Morgan fingerprint density at radius 1 is 1.12 bits per heavy atom. The van der Waals surface area contributed by atoms with Crippen molar-refractivity contribution in [1.82, 2.24) is 0 Å². The van der Waals surface area contributed by atoms with Gasteiger partial charge in [0, 0.05) is 14.9 Å². The molecule has 0 amide bonds. The van der Waals surface area contributed by atoms with E-state index in [2.05, 4.69) is 61.5 Å². The predicted molar refractivity (Wildman–Crippen MR) is 102 cm³/mol. The van der Waals surface area contributed by atoms with Crippen LogP contribution in [0.4, 0.5) is 5.69 Å². The van der Waals surface area contributed by atoms with Crippen molar-refractivity contribution in [2.75, 3.05) is 5.32 Å². The number of aromatic carboxylic acids is 1. The van der Waals surface area contributed by atoms with Gasteiger partial charge in [-0.2, -0.15) is 0 Å². The van der Waals surface area contributed by atoms with Crippen molar-refractivity contribution in [3.63, 3.8) is 0 Å². The van der Waals surface area contributed by atoms with E-state index in [4.69, 9.17) is 0 Å². The molecule has 1 heterocycles. The number of fused-ring (bicyclic) bond motifs is 3. The van der Waals surface area contributed by atoms with Crippen molar-refractivity contribution >= 4 is 43.5 Å². The molecule has 3 atom stereocenters. The minimum atomic E-state index is -0.907. The molecular formula is C19H15Br2NO2. The summed E-state index contributed by atoms with van der Waals surface area (Å²) in [6, 6.07) is 12.1. The molecule has 2 aliphatic rings. The summed E-state index contributed by atoms with van der Waals surface area (Å²) in [5.41, 5.74) is 3.31. The molecule has 0 saturated carbocycles. The maximum Gasteiger partial charge on any atom is 0.337 e. The number of halogens is 2. The van der Waals surface area contributed by atoms with Crippen LogP contribution < -0.4 is 5.32 Å². The highest BCUT2D eigenvalue weighted by Crippen LogP contribution is 2.51. The first-order valence-electron chi connectivity index (χ1n) is 7.80. The van der Waals surface area contributed by atoms with Gasteiger partial charge < -0.3 is 10.4 Å². The van der Waals surface area contributed by atoms with Crippen LogP contribution >= 0.6 is 31.9 Å². The minimum absolute atomic E-state index is 0.102. The third-order valence-corrected chi connectivity index (χ3v) is 5.88. The number of allylic oxidation sites excluding steroid dienone is 2. The highest BCUT2D eigenvalue weighted by Gasteiger charge is 2.39. The lowest BCUT2D eigenvalue weighted by Gasteiger charge is -2.38. The number of benzene rings is 2. The number of carboxylic acid groups (broad SMARTS) is 1. The fourth-order valence-corrected chi connectivity index (χ4v) is 4.57. The Balaban J connectivity index is 1.86. The van der Waals surface area contributed by atoms with Crippen LogP contribution in [0.5, 0.6) is 0 Å². The van der Waals surface area contributed by atoms with E-state index < -0.39 is 5.97 Å². The van der Waals surface area contributed by atoms with Gasteiger partial charge in [0.15, 0.2) is 0 Å². The summed E-state index contributed by atoms with van der Waals surface area (Å²) in [7, 11) is 0. The zero-order valence-electron chi connectivity index (χ0n) is 12.7. The number of hydrogen-bond donors (Lipinski definition) is 2. The largest absolute Gasteiger partial charge is 0.478 e. The van der Waals surface area contributed by atoms with Crippen LogP contribution in [0.1, 0.15) is 39.9 Å². The maximum atomic E-state index is 11.7. The summed E-state index contributed by atoms with van der Waals surface area (Å²) < 4.78 is 1.85. The van der Waals surface area contributed by atoms with Gasteiger partial charge in [0.1, 0.15) is 0 Å². The zero-order chi connectivity index (χ0) is 16.8. The van der Waals surface area contributed by atoms with Crippen LogP contribution in [0.2, 0.25) is 0 Å². The van der Waals surface area contributed by atoms with Gasteiger partial charge in [-0.1, -0.05) is 56.1 Å². The Labute approximate surface area is 157 Å². The molecule has 2 N–H and O–H groups in total. The molecule has 1 aliphatic heterocycles. The van der Waals surface area contributed by atoms with Gasteiger partial charge in [0.05, 0.1) is 17.3 Å². The molecule has 0 saturated heterocycles. The van der Waals surface area contributed by atoms with Crippen molar-refractivity contribution in [2.24, 2.45) is 5.92 Å². The van der Waals surface area contributed by atoms with Gasteiger partial charge in [-0.3, -0.25) is 0 Å². The van der Waals surface area contributed by atoms with Gasteiger partial charge in [-0.05, 0) is 47.7 Å². The summed E-state index contributed by atoms with van der Waals surface area (Å²) in [4.78, 5) is 11.7. The molecule has 0 spiro atoms. The molecule has 2 aromatic rings. The SMILES string of the molecule is O=C(O)c1cc(Br)cc2c1N[C@H](c1ccc(Br)cc1)[C@H]1CC=C[C@H]21. The second kappa shape index (κ2) is 6.05. The average Bonchev–Trinajstić information content (AvgIpc) is 3.04. The standard InChI is InChI=1S/C19H15Br2NO2/c20-11-6-4-10(5-7-11)17-14-3-1-2-13(14)15-8-12(21)9-16(19(23)24)18(15)22-17/h1-2,4-9,13-14,17,22H,3H2,(H,23,24)/t13-,14-,17+/m0/s1. The first-order chi connectivity index (χ1) is 11.5. The average molecular weight is 449 g/mol. The van der Waals surface area contributed by atoms with Crippen molar-refractivity contribution in [3.05, 3.63) is 74.2 Å². The number of nitrogens with one attached hydrogen (secondary N) is 1. The fraction of sp³-hybridized carbons (Fsp3) is 0.211. The Hall–Kier alpha value is -1.59. The maximum absolute atomic E-state index is 11.7. The summed E-state index contributed by atoms with van der Waals surface area (Å²) in [5, 5.41) is 13.1. The van der Waals surface area contributed by atoms with Gasteiger partial charge >= 0.3 is 5.97 Å². The Morgan fingerprint density at radius 2 is 1.88 bits per heavy atom. The summed E-state index contributed by atoms with van der Waals surface area (Å²) in [6.07, 6.45) is 5.42. The lowest BCUT2D eigenvalue weighted by atomic mass is 9.76. The van der Waals surface area contributed by atoms with E-state index in [0.29, 0.717) is 11.5 Å². The zero-order valence-corrected chi connectivity index (χ0v) is 15.8. The first-order valence-corrected chi connectivity index (χ1v) is 9.38. The second-order valence-electron chi connectivity index (χ2n) is 6.25. The minimum Gasteiger partial charge on any atom is -0.478 e. The quantitative estimate of drug-likeness (QED) is 0.576. The highest BCUT2D eigenvalue weighted by atomic mass is 79.9. The van der Waals surface area contributed by atoms with Gasteiger partial charge in [0.2, 0.25) is 0 Å². The van der Waals surface area contributed by atoms with Gasteiger partial charge in [0.25, 0.3) is 0 Å². The monoisotopic (exact) mass is 447 g/mol. The third-order valence-electron chi connectivity index (χ3n) is 4.89. The normalized spacial score (nSPS) is 24.2. The smallest absolute Gasteiger partial charge is 0.337 e. The van der Waals surface area contributed by atoms with E-state index in [-0.39, 0.29) is 12.0 Å².